The summed E-state index contributed by atoms with van der Waals surface area (Å²) in [6.45, 7) is 2.07. The molecule has 2 amide bonds. The number of hydrogen-bond donors (Lipinski definition) is 1. The zero-order valence-electron chi connectivity index (χ0n) is 20.5. The zero-order chi connectivity index (χ0) is 26.2. The van der Waals surface area contributed by atoms with Gasteiger partial charge in [0.2, 0.25) is 5.78 Å². The van der Waals surface area contributed by atoms with E-state index in [1.807, 2.05) is 25.1 Å². The lowest BCUT2D eigenvalue weighted by Gasteiger charge is -2.23. The number of Topliss-reactive ketones (excluding diaryl/α,β-unsaturated/α-hetero) is 1. The molecule has 0 saturated heterocycles. The molecule has 6 nitrogen and oxygen atoms in total. The highest BCUT2D eigenvalue weighted by molar-refractivity contribution is 6.37. The van der Waals surface area contributed by atoms with Gasteiger partial charge in [-0.3, -0.25) is 9.59 Å². The first kappa shape index (κ1) is 25.4. The van der Waals surface area contributed by atoms with Crippen LogP contribution in [0.25, 0.3) is 16.5 Å². The van der Waals surface area contributed by atoms with Crippen molar-refractivity contribution in [2.45, 2.75) is 19.8 Å². The molecule has 0 saturated carbocycles. The molecule has 0 atom stereocenters. The molecule has 6 heteroatoms. The molecule has 0 spiro atoms. The summed E-state index contributed by atoms with van der Waals surface area (Å²) in [7, 11) is 0. The van der Waals surface area contributed by atoms with Gasteiger partial charge in [-0.1, -0.05) is 110 Å². The number of carbonyl (C=O) groups excluding carboxylic acids is 3. The highest BCUT2D eigenvalue weighted by atomic mass is 16.6. The first-order chi connectivity index (χ1) is 18.0. The molecule has 0 radical (unpaired) electrons. The van der Waals surface area contributed by atoms with Crippen molar-refractivity contribution in [2.24, 2.45) is 0 Å². The molecule has 0 aliphatic rings. The van der Waals surface area contributed by atoms with E-state index in [2.05, 4.69) is 0 Å². The van der Waals surface area contributed by atoms with Crippen LogP contribution in [0.2, 0.25) is 0 Å². The molecule has 0 aliphatic heterocycles. The fourth-order valence-corrected chi connectivity index (χ4v) is 3.95. The topological polar surface area (TPSA) is 83.9 Å². The summed E-state index contributed by atoms with van der Waals surface area (Å²) in [6, 6.07) is 28.9. The lowest BCUT2D eigenvalue weighted by atomic mass is 9.97. The number of fused-ring (bicyclic) bond motifs is 1. The van der Waals surface area contributed by atoms with E-state index in [4.69, 9.17) is 4.74 Å². The van der Waals surface area contributed by atoms with Gasteiger partial charge in [-0.25, -0.2) is 9.69 Å². The largest absolute Gasteiger partial charge is 0.506 e. The number of aliphatic hydroxyl groups excluding tert-OH is 1. The number of unbranched alkanes of at least 4 members (excludes halogenated alkanes) is 1. The Hall–Kier alpha value is -4.71. The van der Waals surface area contributed by atoms with E-state index >= 15 is 0 Å². The van der Waals surface area contributed by atoms with Crippen LogP contribution in [0.5, 0.6) is 0 Å². The summed E-state index contributed by atoms with van der Waals surface area (Å²) in [4.78, 5) is 42.1. The van der Waals surface area contributed by atoms with Crippen LogP contribution in [0.4, 0.5) is 10.5 Å². The average Bonchev–Trinajstić information content (AvgIpc) is 2.94. The number of ketones is 1. The Balaban J connectivity index is 1.91. The van der Waals surface area contributed by atoms with Crippen LogP contribution in [-0.4, -0.2) is 29.5 Å². The summed E-state index contributed by atoms with van der Waals surface area (Å²) in [5.74, 6) is -2.21. The van der Waals surface area contributed by atoms with Crippen molar-refractivity contribution in [3.05, 3.63) is 120 Å². The van der Waals surface area contributed by atoms with E-state index in [-0.39, 0.29) is 23.4 Å². The van der Waals surface area contributed by atoms with Gasteiger partial charge in [-0.05, 0) is 17.9 Å². The molecule has 4 aromatic carbocycles. The Labute approximate surface area is 215 Å². The number of imide groups is 1. The molecule has 0 heterocycles. The number of nitrogens with zero attached hydrogens (tertiary/aromatic N) is 1. The highest BCUT2D eigenvalue weighted by Crippen LogP contribution is 2.31. The first-order valence-corrected chi connectivity index (χ1v) is 12.1. The molecule has 0 unspecified atom stereocenters. The molecule has 1 N–H and O–H groups in total. The normalized spacial score (nSPS) is 11.5. The van der Waals surface area contributed by atoms with Crippen molar-refractivity contribution in [3.8, 4) is 0 Å². The van der Waals surface area contributed by atoms with Crippen LogP contribution in [0.1, 0.15) is 35.7 Å². The predicted octanol–water partition coefficient (Wildman–Crippen LogP) is 6.96. The second-order valence-electron chi connectivity index (χ2n) is 8.39. The van der Waals surface area contributed by atoms with Crippen molar-refractivity contribution in [3.63, 3.8) is 0 Å². The van der Waals surface area contributed by atoms with Crippen LogP contribution < -0.4 is 4.90 Å². The molecule has 0 fully saturated rings. The van der Waals surface area contributed by atoms with E-state index in [0.29, 0.717) is 11.8 Å². The van der Waals surface area contributed by atoms with Crippen molar-refractivity contribution in [1.29, 1.82) is 0 Å². The average molecular weight is 494 g/mol. The number of carbonyl (C=O) groups is 3. The third kappa shape index (κ3) is 5.59. The highest BCUT2D eigenvalue weighted by Gasteiger charge is 2.35. The van der Waals surface area contributed by atoms with Gasteiger partial charge in [0.15, 0.2) is 0 Å². The number of benzene rings is 4. The van der Waals surface area contributed by atoms with Gasteiger partial charge in [-0.2, -0.15) is 0 Å². The Kier molecular flexibility index (Phi) is 8.11. The zero-order valence-corrected chi connectivity index (χ0v) is 20.5. The molecule has 0 bridgehead atoms. The summed E-state index contributed by atoms with van der Waals surface area (Å²) in [5, 5.41) is 12.7. The van der Waals surface area contributed by atoms with E-state index in [0.717, 1.165) is 16.7 Å². The molecule has 4 rings (SSSR count). The van der Waals surface area contributed by atoms with Gasteiger partial charge < -0.3 is 9.84 Å². The maximum absolute atomic E-state index is 14.2. The SMILES string of the molecule is CCCCOC(=O)N(C(=O)/C(C(=O)c1ccccc1)=C(\O)c1ccccc1)c1cccc2ccccc12. The second kappa shape index (κ2) is 11.8. The quantitative estimate of drug-likeness (QED) is 0.0716. The van der Waals surface area contributed by atoms with Crippen molar-refractivity contribution >= 4 is 40.0 Å². The minimum Gasteiger partial charge on any atom is -0.506 e. The van der Waals surface area contributed by atoms with Gasteiger partial charge in [0.05, 0.1) is 12.3 Å². The van der Waals surface area contributed by atoms with Gasteiger partial charge in [0.25, 0.3) is 5.91 Å². The van der Waals surface area contributed by atoms with Crippen LogP contribution in [-0.2, 0) is 9.53 Å². The second-order valence-corrected chi connectivity index (χ2v) is 8.39. The van der Waals surface area contributed by atoms with E-state index in [9.17, 15) is 19.5 Å². The number of hydrogen-bond acceptors (Lipinski definition) is 5. The summed E-state index contributed by atoms with van der Waals surface area (Å²) < 4.78 is 5.44. The lowest BCUT2D eigenvalue weighted by molar-refractivity contribution is -0.114. The standard InChI is InChI=1S/C31H27NO5/c1-2-3-21-37-31(36)32(26-20-12-18-22-13-10-11-19-25(22)26)30(35)27(28(33)23-14-6-4-7-15-23)29(34)24-16-8-5-9-17-24/h4-20,33H,2-3,21H2,1H3/b28-27-. The van der Waals surface area contributed by atoms with Gasteiger partial charge in [-0.15, -0.1) is 0 Å². The minimum absolute atomic E-state index is 0.111. The fraction of sp³-hybridized carbons (Fsp3) is 0.129. The summed E-state index contributed by atoms with van der Waals surface area (Å²) in [6.07, 6.45) is 0.487. The first-order valence-electron chi connectivity index (χ1n) is 12.1. The number of aliphatic hydroxyl groups is 1. The fourth-order valence-electron chi connectivity index (χ4n) is 3.95. The molecular formula is C31H27NO5. The molecule has 37 heavy (non-hydrogen) atoms. The van der Waals surface area contributed by atoms with E-state index in [1.165, 1.54) is 0 Å². The number of rotatable bonds is 8. The third-order valence-electron chi connectivity index (χ3n) is 5.88. The lowest BCUT2D eigenvalue weighted by Crippen LogP contribution is -2.40. The van der Waals surface area contributed by atoms with Crippen LogP contribution >= 0.6 is 0 Å². The van der Waals surface area contributed by atoms with Gasteiger partial charge in [0.1, 0.15) is 11.3 Å². The molecule has 186 valence electrons. The molecule has 0 aliphatic carbocycles. The van der Waals surface area contributed by atoms with Crippen LogP contribution in [0.15, 0.2) is 109 Å². The van der Waals surface area contributed by atoms with E-state index in [1.54, 1.807) is 84.9 Å². The van der Waals surface area contributed by atoms with Gasteiger partial charge >= 0.3 is 6.09 Å². The Morgan fingerprint density at radius 2 is 1.35 bits per heavy atom. The van der Waals surface area contributed by atoms with Crippen molar-refractivity contribution in [1.82, 2.24) is 0 Å². The number of anilines is 1. The maximum atomic E-state index is 14.2. The van der Waals surface area contributed by atoms with Crippen LogP contribution in [0, 0.1) is 0 Å². The Morgan fingerprint density at radius 1 is 0.757 bits per heavy atom. The summed E-state index contributed by atoms with van der Waals surface area (Å²) in [5.41, 5.74) is 0.194. The molecular weight excluding hydrogens is 466 g/mol. The van der Waals surface area contributed by atoms with Gasteiger partial charge in [0, 0.05) is 16.5 Å². The maximum Gasteiger partial charge on any atom is 0.421 e. The summed E-state index contributed by atoms with van der Waals surface area (Å²) >= 11 is 0. The minimum atomic E-state index is -0.979. The Bertz CT molecular complexity index is 1440. The number of amides is 2. The number of ether oxygens (including phenoxy) is 1. The third-order valence-corrected chi connectivity index (χ3v) is 5.88. The molecule has 0 aromatic heterocycles. The van der Waals surface area contributed by atoms with Crippen LogP contribution in [0.3, 0.4) is 0 Å². The van der Waals surface area contributed by atoms with Crippen molar-refractivity contribution < 1.29 is 24.2 Å². The van der Waals surface area contributed by atoms with Crippen molar-refractivity contribution in [2.75, 3.05) is 11.5 Å². The predicted molar refractivity (Wildman–Crippen MR) is 144 cm³/mol. The smallest absolute Gasteiger partial charge is 0.421 e. The van der Waals surface area contributed by atoms with E-state index < -0.39 is 29.1 Å². The monoisotopic (exact) mass is 493 g/mol. The Morgan fingerprint density at radius 3 is 2.03 bits per heavy atom. The molecule has 4 aromatic rings.